The largest absolute Gasteiger partial charge is 0.496 e. The van der Waals surface area contributed by atoms with E-state index in [1.807, 2.05) is 37.3 Å². The van der Waals surface area contributed by atoms with E-state index in [9.17, 15) is 9.59 Å². The summed E-state index contributed by atoms with van der Waals surface area (Å²) in [7, 11) is 1.57. The van der Waals surface area contributed by atoms with Crippen LogP contribution in [0.3, 0.4) is 0 Å². The Hall–Kier alpha value is -3.45. The number of nitrogens with zero attached hydrogens (tertiary/aromatic N) is 2. The van der Waals surface area contributed by atoms with Gasteiger partial charge in [-0.3, -0.25) is 14.5 Å². The molecule has 144 valence electrons. The van der Waals surface area contributed by atoms with Crippen molar-refractivity contribution in [1.29, 1.82) is 0 Å². The van der Waals surface area contributed by atoms with Crippen LogP contribution in [0.15, 0.2) is 63.3 Å². The molecular formula is C22H16N2O4S. The third kappa shape index (κ3) is 2.58. The fourth-order valence-electron chi connectivity index (χ4n) is 3.81. The lowest BCUT2D eigenvalue weighted by Gasteiger charge is -2.24. The first-order valence-electron chi connectivity index (χ1n) is 9.03. The Morgan fingerprint density at radius 3 is 2.76 bits per heavy atom. The maximum absolute atomic E-state index is 13.5. The second-order valence-corrected chi connectivity index (χ2v) is 7.68. The van der Waals surface area contributed by atoms with Crippen LogP contribution < -0.4 is 15.1 Å². The molecule has 6 nitrogen and oxygen atoms in total. The maximum Gasteiger partial charge on any atom is 0.297 e. The topological polar surface area (TPSA) is 72.6 Å². The highest BCUT2D eigenvalue weighted by molar-refractivity contribution is 7.13. The van der Waals surface area contributed by atoms with E-state index in [0.717, 1.165) is 5.56 Å². The molecule has 0 fully saturated rings. The van der Waals surface area contributed by atoms with Gasteiger partial charge in [-0.15, -0.1) is 11.3 Å². The molecule has 5 rings (SSSR count). The fourth-order valence-corrected chi connectivity index (χ4v) is 4.47. The van der Waals surface area contributed by atoms with Crippen molar-refractivity contribution >= 4 is 33.3 Å². The standard InChI is InChI=1S/C22H16N2O4S/c1-12-7-8-16-14(11-12)19(25)17-18(13-5-3-4-6-15(13)27-2)24(21(26)20(17)28-16)22-23-9-10-29-22/h3-11,18H,1-2H3/t18-/m1/s1. The zero-order valence-electron chi connectivity index (χ0n) is 15.7. The first kappa shape index (κ1) is 17.6. The number of para-hydroxylation sites is 1. The number of ether oxygens (including phenoxy) is 1. The molecule has 0 radical (unpaired) electrons. The van der Waals surface area contributed by atoms with Crippen molar-refractivity contribution in [3.05, 3.63) is 86.7 Å². The lowest BCUT2D eigenvalue weighted by atomic mass is 9.97. The van der Waals surface area contributed by atoms with Gasteiger partial charge in [-0.2, -0.15) is 0 Å². The van der Waals surface area contributed by atoms with Crippen LogP contribution in [-0.4, -0.2) is 18.0 Å². The minimum atomic E-state index is -0.680. The molecule has 0 saturated heterocycles. The van der Waals surface area contributed by atoms with Crippen molar-refractivity contribution in [2.75, 3.05) is 12.0 Å². The van der Waals surface area contributed by atoms with Gasteiger partial charge in [-0.25, -0.2) is 4.98 Å². The van der Waals surface area contributed by atoms with E-state index in [1.165, 1.54) is 16.2 Å². The average molecular weight is 404 g/mol. The highest BCUT2D eigenvalue weighted by atomic mass is 32.1. The molecule has 0 spiro atoms. The molecule has 1 aliphatic heterocycles. The van der Waals surface area contributed by atoms with Crippen LogP contribution in [0.2, 0.25) is 0 Å². The minimum absolute atomic E-state index is 0.0532. The first-order valence-corrected chi connectivity index (χ1v) is 9.91. The fraction of sp³-hybridized carbons (Fsp3) is 0.136. The highest BCUT2D eigenvalue weighted by Crippen LogP contribution is 2.44. The maximum atomic E-state index is 13.5. The molecule has 4 aromatic rings. The van der Waals surface area contributed by atoms with Gasteiger partial charge in [0.2, 0.25) is 5.76 Å². The molecule has 3 heterocycles. The zero-order chi connectivity index (χ0) is 20.1. The zero-order valence-corrected chi connectivity index (χ0v) is 16.5. The Morgan fingerprint density at radius 2 is 2.00 bits per heavy atom. The van der Waals surface area contributed by atoms with E-state index in [4.69, 9.17) is 9.15 Å². The molecule has 0 unspecified atom stereocenters. The van der Waals surface area contributed by atoms with Crippen LogP contribution in [0.25, 0.3) is 11.0 Å². The summed E-state index contributed by atoms with van der Waals surface area (Å²) in [5.74, 6) is 0.256. The number of methoxy groups -OCH3 is 1. The molecule has 0 saturated carbocycles. The summed E-state index contributed by atoms with van der Waals surface area (Å²) in [6.45, 7) is 1.91. The smallest absolute Gasteiger partial charge is 0.297 e. The van der Waals surface area contributed by atoms with E-state index in [0.29, 0.717) is 33.0 Å². The van der Waals surface area contributed by atoms with Crippen LogP contribution in [0.1, 0.15) is 33.3 Å². The van der Waals surface area contributed by atoms with E-state index in [2.05, 4.69) is 4.98 Å². The number of hydrogen-bond acceptors (Lipinski definition) is 6. The summed E-state index contributed by atoms with van der Waals surface area (Å²) < 4.78 is 11.5. The second kappa shape index (κ2) is 6.56. The number of aromatic nitrogens is 1. The number of benzene rings is 2. The molecule has 0 bridgehead atoms. The van der Waals surface area contributed by atoms with E-state index >= 15 is 0 Å². The van der Waals surface area contributed by atoms with Gasteiger partial charge >= 0.3 is 0 Å². The van der Waals surface area contributed by atoms with Crippen LogP contribution in [0.4, 0.5) is 5.13 Å². The quantitative estimate of drug-likeness (QED) is 0.509. The predicted octanol–water partition coefficient (Wildman–Crippen LogP) is 4.32. The van der Waals surface area contributed by atoms with E-state index in [-0.39, 0.29) is 17.1 Å². The number of hydrogen-bond donors (Lipinski definition) is 0. The van der Waals surface area contributed by atoms with Gasteiger partial charge in [0.1, 0.15) is 17.4 Å². The third-order valence-corrected chi connectivity index (χ3v) is 5.86. The van der Waals surface area contributed by atoms with Crippen molar-refractivity contribution in [3.8, 4) is 5.75 Å². The Kier molecular flexibility index (Phi) is 3.99. The second-order valence-electron chi connectivity index (χ2n) is 6.81. The predicted molar refractivity (Wildman–Crippen MR) is 111 cm³/mol. The van der Waals surface area contributed by atoms with Gasteiger partial charge < -0.3 is 9.15 Å². The number of anilines is 1. The van der Waals surface area contributed by atoms with Gasteiger partial charge in [-0.1, -0.05) is 29.8 Å². The van der Waals surface area contributed by atoms with Gasteiger partial charge in [0.15, 0.2) is 10.6 Å². The van der Waals surface area contributed by atoms with Crippen LogP contribution in [0.5, 0.6) is 5.75 Å². The number of thiazole rings is 1. The summed E-state index contributed by atoms with van der Waals surface area (Å²) in [6.07, 6.45) is 1.63. The minimum Gasteiger partial charge on any atom is -0.496 e. The number of carbonyl (C=O) groups excluding carboxylic acids is 1. The number of fused-ring (bicyclic) bond motifs is 2. The molecule has 0 N–H and O–H groups in total. The van der Waals surface area contributed by atoms with Crippen molar-refractivity contribution < 1.29 is 13.9 Å². The van der Waals surface area contributed by atoms with Gasteiger partial charge in [0.25, 0.3) is 5.91 Å². The number of aryl methyl sites for hydroxylation is 1. The summed E-state index contributed by atoms with van der Waals surface area (Å²) in [6, 6.07) is 12.1. The molecule has 1 aliphatic rings. The highest BCUT2D eigenvalue weighted by Gasteiger charge is 2.45. The van der Waals surface area contributed by atoms with E-state index < -0.39 is 6.04 Å². The monoisotopic (exact) mass is 404 g/mol. The summed E-state index contributed by atoms with van der Waals surface area (Å²) in [4.78, 5) is 32.7. The van der Waals surface area contributed by atoms with Crippen molar-refractivity contribution in [2.45, 2.75) is 13.0 Å². The third-order valence-electron chi connectivity index (χ3n) is 5.08. The Balaban J connectivity index is 1.86. The van der Waals surface area contributed by atoms with Gasteiger partial charge in [0, 0.05) is 17.1 Å². The normalized spacial score (nSPS) is 15.7. The Labute approximate surface area is 170 Å². The van der Waals surface area contributed by atoms with E-state index in [1.54, 1.807) is 30.8 Å². The lowest BCUT2D eigenvalue weighted by molar-refractivity contribution is 0.0971. The summed E-state index contributed by atoms with van der Waals surface area (Å²) in [5.41, 5.74) is 2.14. The number of carbonyl (C=O) groups is 1. The lowest BCUT2D eigenvalue weighted by Crippen LogP contribution is -2.29. The molecule has 7 heteroatoms. The number of rotatable bonds is 3. The van der Waals surface area contributed by atoms with Gasteiger partial charge in [0.05, 0.1) is 18.1 Å². The summed E-state index contributed by atoms with van der Waals surface area (Å²) >= 11 is 1.33. The van der Waals surface area contributed by atoms with Crippen molar-refractivity contribution in [2.24, 2.45) is 0 Å². The Morgan fingerprint density at radius 1 is 1.17 bits per heavy atom. The Bertz CT molecular complexity index is 1310. The molecule has 29 heavy (non-hydrogen) atoms. The van der Waals surface area contributed by atoms with Crippen LogP contribution in [0, 0.1) is 6.92 Å². The van der Waals surface area contributed by atoms with Gasteiger partial charge in [-0.05, 0) is 25.1 Å². The van der Waals surface area contributed by atoms with Crippen molar-refractivity contribution in [1.82, 2.24) is 4.98 Å². The van der Waals surface area contributed by atoms with Crippen LogP contribution in [-0.2, 0) is 0 Å². The summed E-state index contributed by atoms with van der Waals surface area (Å²) in [5, 5.41) is 2.74. The molecular weight excluding hydrogens is 388 g/mol. The molecule has 1 atom stereocenters. The molecule has 2 aromatic carbocycles. The first-order chi connectivity index (χ1) is 14.1. The molecule has 0 aliphatic carbocycles. The van der Waals surface area contributed by atoms with Crippen LogP contribution >= 0.6 is 11.3 Å². The molecule has 2 aromatic heterocycles. The van der Waals surface area contributed by atoms with Crippen molar-refractivity contribution in [3.63, 3.8) is 0 Å². The number of amides is 1. The average Bonchev–Trinajstić information content (AvgIpc) is 3.35. The SMILES string of the molecule is COc1ccccc1[C@@H]1c2c(oc3ccc(C)cc3c2=O)C(=O)N1c1nccs1. The molecule has 1 amide bonds.